The van der Waals surface area contributed by atoms with Crippen LogP contribution >= 0.6 is 0 Å². The van der Waals surface area contributed by atoms with E-state index in [0.29, 0.717) is 18.8 Å². The van der Waals surface area contributed by atoms with E-state index in [2.05, 4.69) is 0 Å². The maximum atomic E-state index is 13.2. The van der Waals surface area contributed by atoms with Crippen molar-refractivity contribution in [3.8, 4) is 0 Å². The van der Waals surface area contributed by atoms with Crippen LogP contribution in [0.3, 0.4) is 0 Å². The van der Waals surface area contributed by atoms with Crippen LogP contribution in [0.15, 0.2) is 18.2 Å². The summed E-state index contributed by atoms with van der Waals surface area (Å²) in [5.74, 6) is -0.213. The SMILES string of the molecule is CCOCC(N)c1ccc(C)c(F)c1. The first-order chi connectivity index (χ1) is 6.65. The lowest BCUT2D eigenvalue weighted by molar-refractivity contribution is 0.133. The molecule has 14 heavy (non-hydrogen) atoms. The van der Waals surface area contributed by atoms with Gasteiger partial charge < -0.3 is 10.5 Å². The van der Waals surface area contributed by atoms with E-state index >= 15 is 0 Å². The monoisotopic (exact) mass is 197 g/mol. The van der Waals surface area contributed by atoms with Crippen LogP contribution in [0.1, 0.15) is 24.1 Å². The lowest BCUT2D eigenvalue weighted by atomic mass is 10.1. The molecular formula is C11H16FNO. The number of nitrogens with two attached hydrogens (primary N) is 1. The number of hydrogen-bond donors (Lipinski definition) is 1. The van der Waals surface area contributed by atoms with Gasteiger partial charge >= 0.3 is 0 Å². The second-order valence-electron chi connectivity index (χ2n) is 3.27. The Balaban J connectivity index is 2.70. The molecule has 3 heteroatoms. The molecule has 0 saturated heterocycles. The van der Waals surface area contributed by atoms with E-state index in [0.717, 1.165) is 5.56 Å². The normalized spacial score (nSPS) is 12.9. The third-order valence-electron chi connectivity index (χ3n) is 2.13. The van der Waals surface area contributed by atoms with Gasteiger partial charge in [0.15, 0.2) is 0 Å². The summed E-state index contributed by atoms with van der Waals surface area (Å²) in [5, 5.41) is 0. The minimum atomic E-state index is -0.245. The van der Waals surface area contributed by atoms with Crippen molar-refractivity contribution in [2.24, 2.45) is 5.73 Å². The smallest absolute Gasteiger partial charge is 0.126 e. The summed E-state index contributed by atoms with van der Waals surface area (Å²) in [6.07, 6.45) is 0. The molecule has 0 spiro atoms. The summed E-state index contributed by atoms with van der Waals surface area (Å²) in [5.41, 5.74) is 7.22. The molecule has 2 nitrogen and oxygen atoms in total. The van der Waals surface area contributed by atoms with Crippen molar-refractivity contribution in [3.63, 3.8) is 0 Å². The van der Waals surface area contributed by atoms with Crippen molar-refractivity contribution in [1.29, 1.82) is 0 Å². The summed E-state index contributed by atoms with van der Waals surface area (Å²) in [7, 11) is 0. The Bertz CT molecular complexity index is 301. The Labute approximate surface area is 83.9 Å². The third-order valence-corrected chi connectivity index (χ3v) is 2.13. The molecule has 78 valence electrons. The number of halogens is 1. The molecule has 0 aliphatic carbocycles. The molecule has 1 aromatic rings. The molecule has 1 aromatic carbocycles. The molecule has 1 rings (SSSR count). The largest absolute Gasteiger partial charge is 0.380 e. The van der Waals surface area contributed by atoms with Gasteiger partial charge in [0.25, 0.3) is 0 Å². The van der Waals surface area contributed by atoms with Crippen LogP contribution in [0, 0.1) is 12.7 Å². The van der Waals surface area contributed by atoms with Gasteiger partial charge in [0.05, 0.1) is 12.6 Å². The van der Waals surface area contributed by atoms with E-state index in [1.165, 1.54) is 6.07 Å². The highest BCUT2D eigenvalue weighted by molar-refractivity contribution is 5.25. The maximum absolute atomic E-state index is 13.2. The van der Waals surface area contributed by atoms with E-state index in [1.54, 1.807) is 13.0 Å². The molecule has 2 N–H and O–H groups in total. The fraction of sp³-hybridized carbons (Fsp3) is 0.455. The molecule has 0 aromatic heterocycles. The molecule has 0 fully saturated rings. The molecule has 0 aliphatic rings. The molecule has 1 atom stereocenters. The number of benzene rings is 1. The first-order valence-electron chi connectivity index (χ1n) is 4.74. The van der Waals surface area contributed by atoms with Gasteiger partial charge in [0.2, 0.25) is 0 Å². The van der Waals surface area contributed by atoms with Crippen molar-refractivity contribution < 1.29 is 9.13 Å². The highest BCUT2D eigenvalue weighted by Crippen LogP contribution is 2.14. The van der Waals surface area contributed by atoms with Gasteiger partial charge in [0, 0.05) is 6.61 Å². The predicted molar refractivity (Wildman–Crippen MR) is 54.6 cm³/mol. The standard InChI is InChI=1S/C11H16FNO/c1-3-14-7-11(13)9-5-4-8(2)10(12)6-9/h4-6,11H,3,7,13H2,1-2H3. The Morgan fingerprint density at radius 3 is 2.79 bits per heavy atom. The van der Waals surface area contributed by atoms with E-state index in [1.807, 2.05) is 13.0 Å². The fourth-order valence-corrected chi connectivity index (χ4v) is 1.18. The number of ether oxygens (including phenoxy) is 1. The van der Waals surface area contributed by atoms with Crippen LogP contribution in [0.25, 0.3) is 0 Å². The molecule has 0 bridgehead atoms. The maximum Gasteiger partial charge on any atom is 0.126 e. The van der Waals surface area contributed by atoms with Gasteiger partial charge in [-0.25, -0.2) is 4.39 Å². The average Bonchev–Trinajstić information content (AvgIpc) is 2.18. The second-order valence-corrected chi connectivity index (χ2v) is 3.27. The topological polar surface area (TPSA) is 35.2 Å². The van der Waals surface area contributed by atoms with Crippen molar-refractivity contribution in [2.75, 3.05) is 13.2 Å². The summed E-state index contributed by atoms with van der Waals surface area (Å²) >= 11 is 0. The fourth-order valence-electron chi connectivity index (χ4n) is 1.18. The van der Waals surface area contributed by atoms with Crippen molar-refractivity contribution in [3.05, 3.63) is 35.1 Å². The van der Waals surface area contributed by atoms with Gasteiger partial charge in [-0.2, -0.15) is 0 Å². The minimum absolute atomic E-state index is 0.213. The van der Waals surface area contributed by atoms with Crippen LogP contribution in [-0.4, -0.2) is 13.2 Å². The predicted octanol–water partition coefficient (Wildman–Crippen LogP) is 2.17. The second kappa shape index (κ2) is 5.08. The van der Waals surface area contributed by atoms with Crippen LogP contribution in [0.5, 0.6) is 0 Å². The lowest BCUT2D eigenvalue weighted by Gasteiger charge is -2.12. The summed E-state index contributed by atoms with van der Waals surface area (Å²) in [6, 6.07) is 4.79. The Hall–Kier alpha value is -0.930. The molecule has 0 heterocycles. The van der Waals surface area contributed by atoms with E-state index in [4.69, 9.17) is 10.5 Å². The average molecular weight is 197 g/mol. The van der Waals surface area contributed by atoms with Gasteiger partial charge in [-0.05, 0) is 31.0 Å². The van der Waals surface area contributed by atoms with Crippen molar-refractivity contribution in [1.82, 2.24) is 0 Å². The van der Waals surface area contributed by atoms with E-state index in [-0.39, 0.29) is 11.9 Å². The zero-order valence-corrected chi connectivity index (χ0v) is 8.59. The first-order valence-corrected chi connectivity index (χ1v) is 4.74. The van der Waals surface area contributed by atoms with Gasteiger partial charge in [0.1, 0.15) is 5.82 Å². The molecule has 0 aliphatic heterocycles. The van der Waals surface area contributed by atoms with E-state index in [9.17, 15) is 4.39 Å². The quantitative estimate of drug-likeness (QED) is 0.802. The highest BCUT2D eigenvalue weighted by atomic mass is 19.1. The Kier molecular flexibility index (Phi) is 4.04. The summed E-state index contributed by atoms with van der Waals surface area (Å²) in [6.45, 7) is 4.69. The zero-order valence-electron chi connectivity index (χ0n) is 8.59. The van der Waals surface area contributed by atoms with Gasteiger partial charge in [-0.3, -0.25) is 0 Å². The van der Waals surface area contributed by atoms with Gasteiger partial charge in [-0.1, -0.05) is 12.1 Å². The van der Waals surface area contributed by atoms with Crippen LogP contribution in [-0.2, 0) is 4.74 Å². The molecule has 1 unspecified atom stereocenters. The lowest BCUT2D eigenvalue weighted by Crippen LogP contribution is -2.17. The van der Waals surface area contributed by atoms with Crippen LogP contribution in [0.4, 0.5) is 4.39 Å². The molecule has 0 saturated carbocycles. The van der Waals surface area contributed by atoms with Crippen LogP contribution < -0.4 is 5.73 Å². The van der Waals surface area contributed by atoms with E-state index < -0.39 is 0 Å². The molecular weight excluding hydrogens is 181 g/mol. The highest BCUT2D eigenvalue weighted by Gasteiger charge is 2.07. The summed E-state index contributed by atoms with van der Waals surface area (Å²) < 4.78 is 18.3. The summed E-state index contributed by atoms with van der Waals surface area (Å²) in [4.78, 5) is 0. The number of hydrogen-bond acceptors (Lipinski definition) is 2. The van der Waals surface area contributed by atoms with Crippen molar-refractivity contribution in [2.45, 2.75) is 19.9 Å². The third kappa shape index (κ3) is 2.79. The Morgan fingerprint density at radius 2 is 2.21 bits per heavy atom. The zero-order chi connectivity index (χ0) is 10.6. The minimum Gasteiger partial charge on any atom is -0.380 e. The van der Waals surface area contributed by atoms with Crippen LogP contribution in [0.2, 0.25) is 0 Å². The molecule has 0 radical (unpaired) electrons. The van der Waals surface area contributed by atoms with Gasteiger partial charge in [-0.15, -0.1) is 0 Å². The number of rotatable bonds is 4. The number of aryl methyl sites for hydroxylation is 1. The Morgan fingerprint density at radius 1 is 1.50 bits per heavy atom. The first kappa shape index (κ1) is 11.1. The molecule has 0 amide bonds. The van der Waals surface area contributed by atoms with Crippen molar-refractivity contribution >= 4 is 0 Å².